The maximum atomic E-state index is 12.5. The van der Waals surface area contributed by atoms with Gasteiger partial charge in [0.25, 0.3) is 0 Å². The molecule has 0 rings (SSSR count). The van der Waals surface area contributed by atoms with Gasteiger partial charge in [0.05, 0.1) is 14.3 Å². The molecule has 0 N–H and O–H groups in total. The van der Waals surface area contributed by atoms with Crippen molar-refractivity contribution in [2.24, 2.45) is 0 Å². The Labute approximate surface area is 101 Å². The van der Waals surface area contributed by atoms with E-state index in [9.17, 15) is 9.13 Å². The SMILES string of the molecule is CC(C)(C)[P@@](C)(=O)CC[P@](C)(=O)C(C)(C)C. The summed E-state index contributed by atoms with van der Waals surface area (Å²) < 4.78 is 25.0. The fraction of sp³-hybridized carbons (Fsp3) is 1.00. The predicted molar refractivity (Wildman–Crippen MR) is 76.3 cm³/mol. The Hall–Kier alpha value is 0.460. The van der Waals surface area contributed by atoms with Crippen molar-refractivity contribution in [3.05, 3.63) is 0 Å². The van der Waals surface area contributed by atoms with Gasteiger partial charge in [-0.1, -0.05) is 41.5 Å². The van der Waals surface area contributed by atoms with E-state index in [4.69, 9.17) is 0 Å². The third-order valence-electron chi connectivity index (χ3n) is 3.79. The van der Waals surface area contributed by atoms with E-state index in [1.165, 1.54) is 0 Å². The molecule has 0 aromatic heterocycles. The lowest BCUT2D eigenvalue weighted by molar-refractivity contribution is 0.546. The Bertz CT molecular complexity index is 298. The molecule has 0 spiro atoms. The first-order chi connectivity index (χ1) is 6.71. The van der Waals surface area contributed by atoms with Crippen LogP contribution in [-0.2, 0) is 9.13 Å². The second-order valence-corrected chi connectivity index (χ2v) is 15.0. The Morgan fingerprint density at radius 3 is 1.00 bits per heavy atom. The predicted octanol–water partition coefficient (Wildman–Crippen LogP) is 4.57. The average Bonchev–Trinajstić information content (AvgIpc) is 1.97. The van der Waals surface area contributed by atoms with Gasteiger partial charge in [0.15, 0.2) is 0 Å². The lowest BCUT2D eigenvalue weighted by Gasteiger charge is -2.32. The van der Waals surface area contributed by atoms with E-state index >= 15 is 0 Å². The molecule has 0 radical (unpaired) electrons. The van der Waals surface area contributed by atoms with Crippen molar-refractivity contribution >= 4 is 14.3 Å². The zero-order valence-corrected chi connectivity index (χ0v) is 13.9. The molecular formula is C12H28O2P2. The molecule has 16 heavy (non-hydrogen) atoms. The average molecular weight is 266 g/mol. The molecule has 0 heterocycles. The van der Waals surface area contributed by atoms with Gasteiger partial charge in [0.1, 0.15) is 0 Å². The molecule has 0 unspecified atom stereocenters. The fourth-order valence-electron chi connectivity index (χ4n) is 1.05. The van der Waals surface area contributed by atoms with E-state index < -0.39 is 14.3 Å². The third-order valence-corrected chi connectivity index (χ3v) is 12.0. The van der Waals surface area contributed by atoms with Crippen molar-refractivity contribution in [3.63, 3.8) is 0 Å². The summed E-state index contributed by atoms with van der Waals surface area (Å²) in [6.07, 6.45) is 1.20. The minimum atomic E-state index is -2.21. The highest BCUT2D eigenvalue weighted by Gasteiger charge is 2.37. The van der Waals surface area contributed by atoms with Gasteiger partial charge in [0, 0.05) is 22.6 Å². The van der Waals surface area contributed by atoms with Gasteiger partial charge in [-0.15, -0.1) is 0 Å². The first-order valence-electron chi connectivity index (χ1n) is 5.84. The summed E-state index contributed by atoms with van der Waals surface area (Å²) in [6, 6.07) is 0. The second kappa shape index (κ2) is 4.62. The van der Waals surface area contributed by atoms with Crippen molar-refractivity contribution in [2.75, 3.05) is 25.7 Å². The van der Waals surface area contributed by atoms with E-state index in [2.05, 4.69) is 0 Å². The van der Waals surface area contributed by atoms with Crippen LogP contribution < -0.4 is 0 Å². The van der Waals surface area contributed by atoms with E-state index in [0.717, 1.165) is 0 Å². The van der Waals surface area contributed by atoms with Crippen molar-refractivity contribution in [1.29, 1.82) is 0 Å². The Morgan fingerprint density at radius 2 is 0.875 bits per heavy atom. The van der Waals surface area contributed by atoms with Crippen LogP contribution in [-0.4, -0.2) is 36.0 Å². The normalized spacial score (nSPS) is 21.2. The van der Waals surface area contributed by atoms with E-state index in [1.54, 1.807) is 0 Å². The zero-order valence-electron chi connectivity index (χ0n) is 12.1. The molecule has 2 atom stereocenters. The molecule has 98 valence electrons. The van der Waals surface area contributed by atoms with Crippen LogP contribution >= 0.6 is 14.3 Å². The molecule has 0 bridgehead atoms. The number of rotatable bonds is 3. The van der Waals surface area contributed by atoms with Gasteiger partial charge < -0.3 is 9.13 Å². The highest BCUT2D eigenvalue weighted by molar-refractivity contribution is 7.68. The molecule has 0 fully saturated rings. The lowest BCUT2D eigenvalue weighted by atomic mass is 10.3. The first-order valence-corrected chi connectivity index (χ1v) is 10.5. The summed E-state index contributed by atoms with van der Waals surface area (Å²) in [4.78, 5) is 0. The molecule has 0 aromatic carbocycles. The van der Waals surface area contributed by atoms with Crippen LogP contribution in [0.2, 0.25) is 0 Å². The second-order valence-electron chi connectivity index (χ2n) is 6.99. The lowest BCUT2D eigenvalue weighted by Crippen LogP contribution is -2.21. The molecule has 0 amide bonds. The van der Waals surface area contributed by atoms with Gasteiger partial charge in [-0.25, -0.2) is 0 Å². The summed E-state index contributed by atoms with van der Waals surface area (Å²) in [5.74, 6) is 0. The van der Waals surface area contributed by atoms with Crippen LogP contribution in [0.1, 0.15) is 41.5 Å². The quantitative estimate of drug-likeness (QED) is 0.701. The maximum absolute atomic E-state index is 12.5. The van der Waals surface area contributed by atoms with Crippen LogP contribution in [0.25, 0.3) is 0 Å². The maximum Gasteiger partial charge on any atom is 0.0903 e. The van der Waals surface area contributed by atoms with Crippen LogP contribution in [0.4, 0.5) is 0 Å². The van der Waals surface area contributed by atoms with Crippen LogP contribution in [0.15, 0.2) is 0 Å². The van der Waals surface area contributed by atoms with Crippen molar-refractivity contribution < 1.29 is 9.13 Å². The van der Waals surface area contributed by atoms with Gasteiger partial charge in [-0.2, -0.15) is 0 Å². The molecule has 0 saturated carbocycles. The molecule has 0 aliphatic heterocycles. The molecule has 0 aromatic rings. The van der Waals surface area contributed by atoms with E-state index in [-0.39, 0.29) is 10.3 Å². The van der Waals surface area contributed by atoms with Gasteiger partial charge in [-0.05, 0) is 13.3 Å². The molecule has 4 heteroatoms. The topological polar surface area (TPSA) is 34.1 Å². The summed E-state index contributed by atoms with van der Waals surface area (Å²) >= 11 is 0. The highest BCUT2D eigenvalue weighted by atomic mass is 31.2. The molecule has 0 saturated heterocycles. The largest absolute Gasteiger partial charge is 0.323 e. The highest BCUT2D eigenvalue weighted by Crippen LogP contribution is 2.60. The van der Waals surface area contributed by atoms with Crippen molar-refractivity contribution in [3.8, 4) is 0 Å². The third kappa shape index (κ3) is 4.04. The first kappa shape index (κ1) is 16.5. The summed E-state index contributed by atoms with van der Waals surface area (Å²) in [6.45, 7) is 15.7. The summed E-state index contributed by atoms with van der Waals surface area (Å²) in [7, 11) is -4.43. The number of hydrogen-bond donors (Lipinski definition) is 0. The molecule has 0 aliphatic carbocycles. The number of hydrogen-bond acceptors (Lipinski definition) is 2. The van der Waals surface area contributed by atoms with Crippen LogP contribution in [0, 0.1) is 0 Å². The van der Waals surface area contributed by atoms with Crippen molar-refractivity contribution in [2.45, 2.75) is 51.9 Å². The fourth-order valence-corrected chi connectivity index (χ4v) is 5.45. The molecule has 0 aliphatic rings. The standard InChI is InChI=1S/C12H28O2P2/c1-11(2,3)15(7,13)9-10-16(8,14)12(4,5)6/h9-10H2,1-8H3/t15-,16-/m0/s1. The Morgan fingerprint density at radius 1 is 0.688 bits per heavy atom. The monoisotopic (exact) mass is 266 g/mol. The van der Waals surface area contributed by atoms with Crippen LogP contribution in [0.3, 0.4) is 0 Å². The zero-order chi connectivity index (χ0) is 13.4. The van der Waals surface area contributed by atoms with Gasteiger partial charge in [0.2, 0.25) is 0 Å². The Balaban J connectivity index is 4.73. The van der Waals surface area contributed by atoms with E-state index in [0.29, 0.717) is 12.3 Å². The minimum absolute atomic E-state index is 0.176. The summed E-state index contributed by atoms with van der Waals surface area (Å²) in [5.41, 5.74) is 0. The molecule has 2 nitrogen and oxygen atoms in total. The Kier molecular flexibility index (Phi) is 4.75. The van der Waals surface area contributed by atoms with Gasteiger partial charge in [-0.3, -0.25) is 0 Å². The minimum Gasteiger partial charge on any atom is -0.323 e. The van der Waals surface area contributed by atoms with E-state index in [1.807, 2.05) is 54.9 Å². The molecular weight excluding hydrogens is 238 g/mol. The van der Waals surface area contributed by atoms with Crippen molar-refractivity contribution in [1.82, 2.24) is 0 Å². The summed E-state index contributed by atoms with van der Waals surface area (Å²) in [5, 5.41) is -0.351. The van der Waals surface area contributed by atoms with Crippen LogP contribution in [0.5, 0.6) is 0 Å². The van der Waals surface area contributed by atoms with Gasteiger partial charge >= 0.3 is 0 Å². The smallest absolute Gasteiger partial charge is 0.0903 e.